The van der Waals surface area contributed by atoms with E-state index in [1.54, 1.807) is 6.92 Å². The Bertz CT molecular complexity index is 460. The smallest absolute Gasteiger partial charge is 0.363 e. The minimum Gasteiger partial charge on any atom is -0.402 e. The van der Waals surface area contributed by atoms with Crippen molar-refractivity contribution in [3.8, 4) is 0 Å². The van der Waals surface area contributed by atoms with Crippen LogP contribution in [0.4, 0.5) is 0 Å². The van der Waals surface area contributed by atoms with Gasteiger partial charge in [0.15, 0.2) is 25.0 Å². The van der Waals surface area contributed by atoms with E-state index in [0.29, 0.717) is 10.5 Å². The van der Waals surface area contributed by atoms with E-state index >= 15 is 0 Å². The summed E-state index contributed by atoms with van der Waals surface area (Å²) in [6, 6.07) is 0. The van der Waals surface area contributed by atoms with Gasteiger partial charge in [-0.2, -0.15) is 0 Å². The van der Waals surface area contributed by atoms with Crippen molar-refractivity contribution in [2.75, 3.05) is 0 Å². The van der Waals surface area contributed by atoms with Crippen LogP contribution in [0.2, 0.25) is 58.9 Å². The monoisotopic (exact) mass is 424 g/mol. The number of ether oxygens (including phenoxy) is 1. The average Bonchev–Trinajstić information content (AvgIpc) is 2.29. The van der Waals surface area contributed by atoms with E-state index in [1.165, 1.54) is 0 Å². The Morgan fingerprint density at radius 3 is 1.56 bits per heavy atom. The molecule has 10 heteroatoms. The topological polar surface area (TPSA) is 63.2 Å². The summed E-state index contributed by atoms with van der Waals surface area (Å²) in [5.74, 6) is -2.30. The first kappa shape index (κ1) is 24.9. The Balaban J connectivity index is 6.20. The number of esters is 1. The second kappa shape index (κ2) is 8.74. The molecular formula is C15H36O6Si4. The Morgan fingerprint density at radius 1 is 0.920 bits per heavy atom. The zero-order valence-electron chi connectivity index (χ0n) is 17.7. The molecule has 0 heterocycles. The fourth-order valence-electron chi connectivity index (χ4n) is 1.86. The highest BCUT2D eigenvalue weighted by Gasteiger charge is 2.53. The first-order valence-corrected chi connectivity index (χ1v) is 19.4. The van der Waals surface area contributed by atoms with E-state index in [2.05, 4.69) is 6.58 Å². The summed E-state index contributed by atoms with van der Waals surface area (Å²) in [6.45, 7) is 23.4. The predicted octanol–water partition coefficient (Wildman–Crippen LogP) is 2.94. The lowest BCUT2D eigenvalue weighted by Gasteiger charge is -2.46. The third-order valence-electron chi connectivity index (χ3n) is 2.44. The molecule has 148 valence electrons. The second-order valence-corrected chi connectivity index (χ2v) is 22.8. The fraction of sp³-hybridized carbons (Fsp3) is 0.800. The van der Waals surface area contributed by atoms with Crippen molar-refractivity contribution in [1.82, 2.24) is 0 Å². The molecule has 0 saturated heterocycles. The van der Waals surface area contributed by atoms with Crippen LogP contribution in [0, 0.1) is 0 Å². The van der Waals surface area contributed by atoms with Crippen molar-refractivity contribution in [3.63, 3.8) is 0 Å². The standard InChI is InChI=1S/C15H36O6Si4/c1-12(2)13(16)17-15(20-24(6,7)8,21-25(9,10)11)14(18-22)19-23(3,4)5/h14H,1H2,2-11,22H3. The minimum absolute atomic E-state index is 0.267. The van der Waals surface area contributed by atoms with Gasteiger partial charge in [0.25, 0.3) is 0 Å². The van der Waals surface area contributed by atoms with Crippen molar-refractivity contribution in [3.05, 3.63) is 12.2 Å². The van der Waals surface area contributed by atoms with Crippen molar-refractivity contribution in [2.45, 2.75) is 78.1 Å². The Kier molecular flexibility index (Phi) is 8.71. The molecule has 0 aromatic rings. The molecule has 0 aliphatic carbocycles. The highest BCUT2D eigenvalue weighted by Crippen LogP contribution is 2.33. The molecule has 1 atom stereocenters. The molecule has 0 aliphatic heterocycles. The van der Waals surface area contributed by atoms with Crippen LogP contribution in [-0.2, 0) is 27.2 Å². The van der Waals surface area contributed by atoms with Gasteiger partial charge in [0.2, 0.25) is 6.29 Å². The quantitative estimate of drug-likeness (QED) is 0.232. The first-order chi connectivity index (χ1) is 10.9. The maximum Gasteiger partial charge on any atom is 0.363 e. The summed E-state index contributed by atoms with van der Waals surface area (Å²) < 4.78 is 30.2. The fourth-order valence-corrected chi connectivity index (χ4v) is 5.47. The molecule has 6 nitrogen and oxygen atoms in total. The predicted molar refractivity (Wildman–Crippen MR) is 112 cm³/mol. The third kappa shape index (κ3) is 9.99. The van der Waals surface area contributed by atoms with Crippen molar-refractivity contribution in [2.24, 2.45) is 0 Å². The molecule has 0 amide bonds. The summed E-state index contributed by atoms with van der Waals surface area (Å²) >= 11 is 0. The lowest BCUT2D eigenvalue weighted by Crippen LogP contribution is -2.62. The zero-order valence-corrected chi connectivity index (χ0v) is 22.7. The maximum absolute atomic E-state index is 12.4. The van der Waals surface area contributed by atoms with Gasteiger partial charge in [-0.15, -0.1) is 0 Å². The lowest BCUT2D eigenvalue weighted by atomic mass is 10.3. The first-order valence-electron chi connectivity index (χ1n) is 8.40. The minimum atomic E-state index is -2.19. The van der Waals surface area contributed by atoms with Gasteiger partial charge in [-0.1, -0.05) is 6.58 Å². The number of carbonyl (C=O) groups excluding carboxylic acids is 1. The molecule has 0 rings (SSSR count). The highest BCUT2D eigenvalue weighted by molar-refractivity contribution is 6.71. The Hall–Kier alpha value is -0.0825. The van der Waals surface area contributed by atoms with Gasteiger partial charge in [-0.05, 0) is 65.8 Å². The van der Waals surface area contributed by atoms with E-state index in [1.807, 2.05) is 58.9 Å². The number of carbonyl (C=O) groups is 1. The third-order valence-corrected chi connectivity index (χ3v) is 5.59. The molecule has 0 spiro atoms. The van der Waals surface area contributed by atoms with Crippen LogP contribution in [0.5, 0.6) is 0 Å². The van der Waals surface area contributed by atoms with Gasteiger partial charge in [0, 0.05) is 5.57 Å². The molecule has 25 heavy (non-hydrogen) atoms. The molecule has 0 saturated carbocycles. The Morgan fingerprint density at radius 2 is 1.32 bits per heavy atom. The van der Waals surface area contributed by atoms with Gasteiger partial charge >= 0.3 is 11.9 Å². The van der Waals surface area contributed by atoms with Crippen LogP contribution in [0.1, 0.15) is 6.92 Å². The summed E-state index contributed by atoms with van der Waals surface area (Å²) in [6.07, 6.45) is -0.924. The average molecular weight is 425 g/mol. The molecule has 0 aromatic heterocycles. The Labute approximate surface area is 159 Å². The summed E-state index contributed by atoms with van der Waals surface area (Å²) in [4.78, 5) is 12.4. The summed E-state index contributed by atoms with van der Waals surface area (Å²) in [5, 5.41) is 0. The molecule has 0 fully saturated rings. The maximum atomic E-state index is 12.4. The SMILES string of the molecule is C=C(C)C(=O)OC(O[Si](C)(C)C)(O[Si](C)(C)C)C(O[SiH3])O[Si](C)(C)C. The normalized spacial score (nSPS) is 15.1. The molecule has 0 aromatic carbocycles. The molecular weight excluding hydrogens is 389 g/mol. The second-order valence-electron chi connectivity index (χ2n) is 9.00. The largest absolute Gasteiger partial charge is 0.402 e. The highest BCUT2D eigenvalue weighted by atomic mass is 28.4. The molecule has 0 bridgehead atoms. The molecule has 1 unspecified atom stereocenters. The van der Waals surface area contributed by atoms with Crippen LogP contribution < -0.4 is 0 Å². The molecule has 0 N–H and O–H groups in total. The van der Waals surface area contributed by atoms with E-state index in [-0.39, 0.29) is 5.57 Å². The van der Waals surface area contributed by atoms with E-state index < -0.39 is 43.2 Å². The molecule has 0 radical (unpaired) electrons. The van der Waals surface area contributed by atoms with Gasteiger partial charge in [0.1, 0.15) is 10.5 Å². The van der Waals surface area contributed by atoms with Crippen molar-refractivity contribution in [1.29, 1.82) is 0 Å². The summed E-state index contributed by atoms with van der Waals surface area (Å²) in [7, 11) is -6.02. The zero-order chi connectivity index (χ0) is 20.3. The van der Waals surface area contributed by atoms with E-state index in [0.717, 1.165) is 0 Å². The number of rotatable bonds is 10. The van der Waals surface area contributed by atoms with E-state index in [9.17, 15) is 4.79 Å². The van der Waals surface area contributed by atoms with Crippen LogP contribution in [0.3, 0.4) is 0 Å². The number of hydrogen-bond acceptors (Lipinski definition) is 6. The molecule has 0 aliphatic rings. The summed E-state index contributed by atoms with van der Waals surface area (Å²) in [5.41, 5.74) is 0.267. The van der Waals surface area contributed by atoms with Crippen molar-refractivity contribution < 1.29 is 27.2 Å². The van der Waals surface area contributed by atoms with E-state index in [4.69, 9.17) is 22.4 Å². The lowest BCUT2D eigenvalue weighted by molar-refractivity contribution is -0.364. The van der Waals surface area contributed by atoms with Crippen LogP contribution in [0.25, 0.3) is 0 Å². The van der Waals surface area contributed by atoms with Gasteiger partial charge in [0.05, 0.1) is 0 Å². The van der Waals surface area contributed by atoms with Crippen molar-refractivity contribution >= 4 is 41.4 Å². The number of hydrogen-bond donors (Lipinski definition) is 0. The van der Waals surface area contributed by atoms with Gasteiger partial charge in [-0.25, -0.2) is 4.79 Å². The van der Waals surface area contributed by atoms with Crippen LogP contribution >= 0.6 is 0 Å². The van der Waals surface area contributed by atoms with Gasteiger partial charge in [-0.3, -0.25) is 0 Å². The van der Waals surface area contributed by atoms with Crippen LogP contribution in [-0.4, -0.2) is 53.7 Å². The van der Waals surface area contributed by atoms with Crippen LogP contribution in [0.15, 0.2) is 12.2 Å². The van der Waals surface area contributed by atoms with Gasteiger partial charge < -0.3 is 22.4 Å².